The number of hydrogen-bond acceptors (Lipinski definition) is 9. The Labute approximate surface area is 196 Å². The van der Waals surface area contributed by atoms with E-state index in [1.54, 1.807) is 6.92 Å². The molecule has 1 unspecified atom stereocenters. The minimum Gasteiger partial charge on any atom is -0.493 e. The Bertz CT molecular complexity index is 1200. The van der Waals surface area contributed by atoms with Gasteiger partial charge in [0.2, 0.25) is 5.91 Å². The van der Waals surface area contributed by atoms with Crippen LogP contribution in [0.2, 0.25) is 5.02 Å². The van der Waals surface area contributed by atoms with Crippen LogP contribution in [-0.2, 0) is 4.79 Å². The van der Waals surface area contributed by atoms with Crippen molar-refractivity contribution < 1.29 is 14.1 Å². The molecule has 3 aromatic rings. The first-order chi connectivity index (χ1) is 15.8. The number of nitrogens with two attached hydrogens (primary N) is 1. The number of carbonyl (C=O) groups excluding carboxylic acids is 1. The predicted octanol–water partition coefficient (Wildman–Crippen LogP) is 3.55. The normalized spacial score (nSPS) is 16.5. The van der Waals surface area contributed by atoms with E-state index in [2.05, 4.69) is 31.0 Å². The molecule has 174 valence electrons. The van der Waals surface area contributed by atoms with Gasteiger partial charge in [-0.2, -0.15) is 0 Å². The number of ether oxygens (including phenoxy) is 1. The van der Waals surface area contributed by atoms with E-state index in [1.165, 1.54) is 6.33 Å². The van der Waals surface area contributed by atoms with Crippen molar-refractivity contribution in [2.24, 2.45) is 0 Å². The van der Waals surface area contributed by atoms with Gasteiger partial charge >= 0.3 is 0 Å². The minimum atomic E-state index is -0.280. The van der Waals surface area contributed by atoms with E-state index in [0.717, 1.165) is 22.4 Å². The first-order valence-electron chi connectivity index (χ1n) is 10.7. The van der Waals surface area contributed by atoms with Crippen molar-refractivity contribution in [1.82, 2.24) is 25.7 Å². The highest BCUT2D eigenvalue weighted by molar-refractivity contribution is 6.31. The van der Waals surface area contributed by atoms with Crippen LogP contribution in [0.25, 0.3) is 11.3 Å². The molecular weight excluding hydrogens is 446 g/mol. The van der Waals surface area contributed by atoms with E-state index in [0.29, 0.717) is 47.4 Å². The molecule has 1 aliphatic rings. The second-order valence-electron chi connectivity index (χ2n) is 7.99. The van der Waals surface area contributed by atoms with Gasteiger partial charge in [-0.25, -0.2) is 9.97 Å². The molecule has 0 radical (unpaired) electrons. The molecule has 1 fully saturated rings. The van der Waals surface area contributed by atoms with Crippen LogP contribution in [-0.4, -0.2) is 39.4 Å². The highest BCUT2D eigenvalue weighted by Crippen LogP contribution is 2.43. The molecule has 1 aromatic carbocycles. The molecule has 2 atom stereocenters. The first-order valence-corrected chi connectivity index (χ1v) is 11.1. The molecule has 0 aliphatic carbocycles. The number of aromatic nitrogens is 4. The summed E-state index contributed by atoms with van der Waals surface area (Å²) < 4.78 is 11.4. The molecule has 10 nitrogen and oxygen atoms in total. The standard InChI is InChI=1S/C22H26ClN7O3/c1-5-32-20-14(7-15(23)10(2)17(20)13-6-16(31)25-8-13)11(3)28-22-18(21(24)26-9-27-22)19-12(4)29-30-33-19/h7,9,11,13H,5-6,8H2,1-4H3,(H,25,31)(H3,24,26,27,28)/t11-,13?/m1/s1. The van der Waals surface area contributed by atoms with Gasteiger partial charge in [-0.15, -0.1) is 5.10 Å². The number of carbonyl (C=O) groups is 1. The number of nitrogens with one attached hydrogen (secondary N) is 2. The molecule has 11 heteroatoms. The van der Waals surface area contributed by atoms with Gasteiger partial charge in [-0.1, -0.05) is 11.6 Å². The Morgan fingerprint density at radius 2 is 2.18 bits per heavy atom. The summed E-state index contributed by atoms with van der Waals surface area (Å²) in [6.45, 7) is 8.63. The van der Waals surface area contributed by atoms with Gasteiger partial charge in [0, 0.05) is 40.3 Å². The van der Waals surface area contributed by atoms with Crippen LogP contribution in [0.4, 0.5) is 11.6 Å². The van der Waals surface area contributed by atoms with Crippen LogP contribution >= 0.6 is 11.6 Å². The Morgan fingerprint density at radius 3 is 2.82 bits per heavy atom. The van der Waals surface area contributed by atoms with Crippen LogP contribution < -0.4 is 21.1 Å². The average molecular weight is 472 g/mol. The van der Waals surface area contributed by atoms with Crippen molar-refractivity contribution in [2.75, 3.05) is 24.2 Å². The predicted molar refractivity (Wildman–Crippen MR) is 124 cm³/mol. The minimum absolute atomic E-state index is 0.0168. The number of aryl methyl sites for hydroxylation is 1. The van der Waals surface area contributed by atoms with Gasteiger partial charge in [0.05, 0.1) is 12.6 Å². The SMILES string of the molecule is CCOc1c([C@@H](C)Nc2ncnc(N)c2-c2onnc2C)cc(Cl)c(C)c1C1CNC(=O)C1. The van der Waals surface area contributed by atoms with Gasteiger partial charge in [0.25, 0.3) is 0 Å². The fourth-order valence-corrected chi connectivity index (χ4v) is 4.39. The van der Waals surface area contributed by atoms with Gasteiger partial charge in [0.15, 0.2) is 5.76 Å². The Hall–Kier alpha value is -3.40. The number of anilines is 2. The molecule has 4 N–H and O–H groups in total. The monoisotopic (exact) mass is 471 g/mol. The van der Waals surface area contributed by atoms with Gasteiger partial charge in [0.1, 0.15) is 35.0 Å². The molecule has 1 amide bonds. The van der Waals surface area contributed by atoms with Crippen LogP contribution in [0.5, 0.6) is 5.75 Å². The number of nitrogen functional groups attached to an aromatic ring is 1. The smallest absolute Gasteiger partial charge is 0.220 e. The van der Waals surface area contributed by atoms with E-state index in [1.807, 2.05) is 26.8 Å². The summed E-state index contributed by atoms with van der Waals surface area (Å²) in [7, 11) is 0. The third-order valence-electron chi connectivity index (χ3n) is 5.80. The molecule has 33 heavy (non-hydrogen) atoms. The number of amides is 1. The van der Waals surface area contributed by atoms with E-state index in [-0.39, 0.29) is 23.7 Å². The van der Waals surface area contributed by atoms with E-state index in [4.69, 9.17) is 26.6 Å². The lowest BCUT2D eigenvalue weighted by molar-refractivity contribution is -0.119. The summed E-state index contributed by atoms with van der Waals surface area (Å²) in [5.41, 5.74) is 9.90. The molecule has 1 aliphatic heterocycles. The quantitative estimate of drug-likeness (QED) is 0.471. The van der Waals surface area contributed by atoms with Crippen LogP contribution in [0, 0.1) is 13.8 Å². The zero-order valence-electron chi connectivity index (χ0n) is 18.9. The van der Waals surface area contributed by atoms with Gasteiger partial charge in [-0.05, 0) is 39.3 Å². The molecular formula is C22H26ClN7O3. The lowest BCUT2D eigenvalue weighted by atomic mass is 9.89. The average Bonchev–Trinajstić information content (AvgIpc) is 3.39. The maximum Gasteiger partial charge on any atom is 0.220 e. The zero-order chi connectivity index (χ0) is 23.7. The highest BCUT2D eigenvalue weighted by atomic mass is 35.5. The number of rotatable bonds is 7. The summed E-state index contributed by atoms with van der Waals surface area (Å²) in [5.74, 6) is 1.83. The summed E-state index contributed by atoms with van der Waals surface area (Å²) in [5, 5.41) is 14.4. The molecule has 4 rings (SSSR count). The Kier molecular flexibility index (Phi) is 6.37. The largest absolute Gasteiger partial charge is 0.493 e. The summed E-state index contributed by atoms with van der Waals surface area (Å²) in [4.78, 5) is 20.4. The van der Waals surface area contributed by atoms with Crippen LogP contribution in [0.15, 0.2) is 16.9 Å². The maximum atomic E-state index is 11.9. The zero-order valence-corrected chi connectivity index (χ0v) is 19.7. The summed E-state index contributed by atoms with van der Waals surface area (Å²) in [6.07, 6.45) is 1.77. The molecule has 1 saturated heterocycles. The molecule has 0 spiro atoms. The second-order valence-corrected chi connectivity index (χ2v) is 8.40. The third-order valence-corrected chi connectivity index (χ3v) is 6.19. The first kappa shape index (κ1) is 22.8. The van der Waals surface area contributed by atoms with E-state index >= 15 is 0 Å². The van der Waals surface area contributed by atoms with Crippen molar-refractivity contribution >= 4 is 29.1 Å². The third kappa shape index (κ3) is 4.30. The fraction of sp³-hybridized carbons (Fsp3) is 0.409. The van der Waals surface area contributed by atoms with E-state index in [9.17, 15) is 4.79 Å². The molecule has 2 aromatic heterocycles. The maximum absolute atomic E-state index is 11.9. The number of halogens is 1. The number of hydrogen-bond donors (Lipinski definition) is 3. The van der Waals surface area contributed by atoms with Crippen molar-refractivity contribution in [3.63, 3.8) is 0 Å². The molecule has 0 bridgehead atoms. The Balaban J connectivity index is 1.78. The van der Waals surface area contributed by atoms with E-state index < -0.39 is 0 Å². The van der Waals surface area contributed by atoms with Crippen molar-refractivity contribution in [3.8, 4) is 17.1 Å². The number of nitrogens with zero attached hydrogens (tertiary/aromatic N) is 4. The van der Waals surface area contributed by atoms with Gasteiger partial charge < -0.3 is 25.6 Å². The summed E-state index contributed by atoms with van der Waals surface area (Å²) in [6, 6.07) is 1.61. The van der Waals surface area contributed by atoms with Crippen molar-refractivity contribution in [3.05, 3.63) is 39.8 Å². The summed E-state index contributed by atoms with van der Waals surface area (Å²) >= 11 is 6.65. The topological polar surface area (TPSA) is 141 Å². The molecule has 0 saturated carbocycles. The lowest BCUT2D eigenvalue weighted by Gasteiger charge is -2.25. The number of benzene rings is 1. The highest BCUT2D eigenvalue weighted by Gasteiger charge is 2.31. The fourth-order valence-electron chi connectivity index (χ4n) is 4.17. The molecule has 3 heterocycles. The van der Waals surface area contributed by atoms with Crippen LogP contribution in [0.3, 0.4) is 0 Å². The van der Waals surface area contributed by atoms with Crippen molar-refractivity contribution in [2.45, 2.75) is 46.1 Å². The lowest BCUT2D eigenvalue weighted by Crippen LogP contribution is -2.16. The van der Waals surface area contributed by atoms with Gasteiger partial charge in [-0.3, -0.25) is 4.79 Å². The van der Waals surface area contributed by atoms with Crippen molar-refractivity contribution in [1.29, 1.82) is 0 Å². The van der Waals surface area contributed by atoms with Crippen LogP contribution in [0.1, 0.15) is 54.6 Å². The second kappa shape index (κ2) is 9.22. The Morgan fingerprint density at radius 1 is 1.39 bits per heavy atom.